The van der Waals surface area contributed by atoms with E-state index in [1.165, 1.54) is 24.5 Å². The first-order chi connectivity index (χ1) is 12.4. The minimum Gasteiger partial charge on any atom is -0.506 e. The molecule has 1 aromatic carbocycles. The van der Waals surface area contributed by atoms with Gasteiger partial charge in [0.15, 0.2) is 5.69 Å². The number of aromatic nitrogens is 2. The summed E-state index contributed by atoms with van der Waals surface area (Å²) in [6.45, 7) is 1.20. The molecule has 2 aromatic rings. The maximum atomic E-state index is 12.4. The van der Waals surface area contributed by atoms with Crippen LogP contribution in [-0.2, 0) is 4.79 Å². The van der Waals surface area contributed by atoms with E-state index in [1.54, 1.807) is 6.07 Å². The van der Waals surface area contributed by atoms with Crippen LogP contribution < -0.4 is 10.2 Å². The number of carboxylic acid groups (broad SMARTS) is 1. The number of anilines is 2. The number of carboxylic acids is 1. The van der Waals surface area contributed by atoms with Gasteiger partial charge in [-0.05, 0) is 31.0 Å². The number of aromatic carboxylic acids is 1. The lowest BCUT2D eigenvalue weighted by molar-refractivity contribution is -0.120. The molecule has 0 bridgehead atoms. The van der Waals surface area contributed by atoms with E-state index in [1.807, 2.05) is 4.90 Å². The summed E-state index contributed by atoms with van der Waals surface area (Å²) in [4.78, 5) is 33.2. The minimum absolute atomic E-state index is 0.0334. The SMILES string of the molecule is O=C(O)c1cnc(N2CCC(C(=O)Nc3cc(Cl)ccc3O)CC2)cn1. The number of carbonyl (C=O) groups is 2. The molecule has 1 aliphatic rings. The van der Waals surface area contributed by atoms with E-state index in [0.717, 1.165) is 0 Å². The Balaban J connectivity index is 1.58. The molecule has 0 aliphatic carbocycles. The molecule has 3 N–H and O–H groups in total. The number of carbonyl (C=O) groups excluding carboxylic acids is 1. The fourth-order valence-electron chi connectivity index (χ4n) is 2.81. The normalized spacial score (nSPS) is 14.9. The molecule has 0 saturated carbocycles. The Morgan fingerprint density at radius 1 is 1.19 bits per heavy atom. The van der Waals surface area contributed by atoms with Gasteiger partial charge in [-0.2, -0.15) is 0 Å². The summed E-state index contributed by atoms with van der Waals surface area (Å²) < 4.78 is 0. The molecule has 1 aliphatic heterocycles. The maximum absolute atomic E-state index is 12.4. The van der Waals surface area contributed by atoms with E-state index in [0.29, 0.717) is 42.5 Å². The lowest BCUT2D eigenvalue weighted by Crippen LogP contribution is -2.38. The Labute approximate surface area is 154 Å². The average Bonchev–Trinajstić information content (AvgIpc) is 2.65. The van der Waals surface area contributed by atoms with Crippen LogP contribution >= 0.6 is 11.6 Å². The second-order valence-corrected chi connectivity index (χ2v) is 6.41. The molecule has 0 atom stereocenters. The number of nitrogens with one attached hydrogen (secondary N) is 1. The van der Waals surface area contributed by atoms with Crippen LogP contribution in [0.5, 0.6) is 5.75 Å². The van der Waals surface area contributed by atoms with E-state index in [9.17, 15) is 14.7 Å². The van der Waals surface area contributed by atoms with Crippen molar-refractivity contribution in [1.82, 2.24) is 9.97 Å². The third-order valence-corrected chi connectivity index (χ3v) is 4.50. The van der Waals surface area contributed by atoms with Crippen LogP contribution in [0, 0.1) is 5.92 Å². The van der Waals surface area contributed by atoms with Crippen molar-refractivity contribution in [3.63, 3.8) is 0 Å². The summed E-state index contributed by atoms with van der Waals surface area (Å²) in [5.74, 6) is -0.940. The topological polar surface area (TPSA) is 116 Å². The first kappa shape index (κ1) is 17.9. The van der Waals surface area contributed by atoms with Gasteiger partial charge in [0.2, 0.25) is 5.91 Å². The largest absolute Gasteiger partial charge is 0.506 e. The second kappa shape index (κ2) is 7.57. The lowest BCUT2D eigenvalue weighted by atomic mass is 9.96. The van der Waals surface area contributed by atoms with Crippen LogP contribution in [0.3, 0.4) is 0 Å². The molecule has 0 unspecified atom stereocenters. The van der Waals surface area contributed by atoms with Crippen molar-refractivity contribution in [2.45, 2.75) is 12.8 Å². The highest BCUT2D eigenvalue weighted by atomic mass is 35.5. The Morgan fingerprint density at radius 3 is 2.54 bits per heavy atom. The lowest BCUT2D eigenvalue weighted by Gasteiger charge is -2.31. The molecule has 1 fully saturated rings. The molecular weight excluding hydrogens is 360 g/mol. The van der Waals surface area contributed by atoms with Crippen LogP contribution in [-0.4, -0.2) is 45.1 Å². The summed E-state index contributed by atoms with van der Waals surface area (Å²) in [5.41, 5.74) is 0.185. The second-order valence-electron chi connectivity index (χ2n) is 5.98. The van der Waals surface area contributed by atoms with Gasteiger partial charge in [-0.3, -0.25) is 4.79 Å². The smallest absolute Gasteiger partial charge is 0.356 e. The number of halogens is 1. The van der Waals surface area contributed by atoms with Crippen molar-refractivity contribution in [3.05, 3.63) is 41.3 Å². The Hall–Kier alpha value is -2.87. The van der Waals surface area contributed by atoms with Crippen LogP contribution in [0.4, 0.5) is 11.5 Å². The van der Waals surface area contributed by atoms with Gasteiger partial charge in [-0.15, -0.1) is 0 Å². The molecule has 1 aromatic heterocycles. The summed E-state index contributed by atoms with van der Waals surface area (Å²) in [6, 6.07) is 4.48. The van der Waals surface area contributed by atoms with Gasteiger partial charge in [0.25, 0.3) is 0 Å². The number of rotatable bonds is 4. The third-order valence-electron chi connectivity index (χ3n) is 4.26. The first-order valence-electron chi connectivity index (χ1n) is 8.03. The van der Waals surface area contributed by atoms with Crippen LogP contribution in [0.25, 0.3) is 0 Å². The highest BCUT2D eigenvalue weighted by molar-refractivity contribution is 6.31. The Bertz CT molecular complexity index is 820. The van der Waals surface area contributed by atoms with Crippen LogP contribution in [0.1, 0.15) is 23.3 Å². The molecular formula is C17H17ClN4O4. The van der Waals surface area contributed by atoms with Crippen molar-refractivity contribution in [2.75, 3.05) is 23.3 Å². The van der Waals surface area contributed by atoms with Gasteiger partial charge < -0.3 is 20.4 Å². The highest BCUT2D eigenvalue weighted by Crippen LogP contribution is 2.28. The number of hydrogen-bond acceptors (Lipinski definition) is 6. The van der Waals surface area contributed by atoms with Crippen molar-refractivity contribution in [3.8, 4) is 5.75 Å². The number of piperidine rings is 1. The molecule has 0 radical (unpaired) electrons. The molecule has 0 spiro atoms. The van der Waals surface area contributed by atoms with Gasteiger partial charge in [-0.1, -0.05) is 11.6 Å². The highest BCUT2D eigenvalue weighted by Gasteiger charge is 2.26. The molecule has 1 saturated heterocycles. The Kier molecular flexibility index (Phi) is 5.22. The number of phenols is 1. The molecule has 3 rings (SSSR count). The van der Waals surface area contributed by atoms with Crippen molar-refractivity contribution in [1.29, 1.82) is 0 Å². The zero-order valence-corrected chi connectivity index (χ0v) is 14.5. The van der Waals surface area contributed by atoms with Gasteiger partial charge >= 0.3 is 5.97 Å². The summed E-state index contributed by atoms with van der Waals surface area (Å²) >= 11 is 5.88. The minimum atomic E-state index is -1.12. The van der Waals surface area contributed by atoms with Gasteiger partial charge in [0.1, 0.15) is 11.6 Å². The quantitative estimate of drug-likeness (QED) is 0.701. The number of benzene rings is 1. The molecule has 26 heavy (non-hydrogen) atoms. The molecule has 1 amide bonds. The monoisotopic (exact) mass is 376 g/mol. The van der Waals surface area contributed by atoms with Gasteiger partial charge in [-0.25, -0.2) is 14.8 Å². The standard InChI is InChI=1S/C17H17ClN4O4/c18-11-1-2-14(23)12(7-11)21-16(24)10-3-5-22(6-4-10)15-9-19-13(8-20-15)17(25)26/h1-2,7-10,23H,3-6H2,(H,21,24)(H,25,26). The average molecular weight is 377 g/mol. The Morgan fingerprint density at radius 2 is 1.92 bits per heavy atom. The number of aromatic hydroxyl groups is 1. The summed E-state index contributed by atoms with van der Waals surface area (Å²) in [6.07, 6.45) is 3.86. The maximum Gasteiger partial charge on any atom is 0.356 e. The number of phenolic OH excluding ortho intramolecular Hbond substituents is 1. The van der Waals surface area contributed by atoms with E-state index in [2.05, 4.69) is 15.3 Å². The zero-order chi connectivity index (χ0) is 18.7. The first-order valence-corrected chi connectivity index (χ1v) is 8.41. The predicted molar refractivity (Wildman–Crippen MR) is 95.7 cm³/mol. The van der Waals surface area contributed by atoms with Crippen LogP contribution in [0.15, 0.2) is 30.6 Å². The third kappa shape index (κ3) is 4.02. The predicted octanol–water partition coefficient (Wildman–Crippen LogP) is 2.39. The summed E-state index contributed by atoms with van der Waals surface area (Å²) in [5, 5.41) is 21.8. The van der Waals surface area contributed by atoms with E-state index >= 15 is 0 Å². The van der Waals surface area contributed by atoms with Gasteiger partial charge in [0.05, 0.1) is 18.1 Å². The molecule has 9 heteroatoms. The van der Waals surface area contributed by atoms with E-state index in [4.69, 9.17) is 16.7 Å². The summed E-state index contributed by atoms with van der Waals surface area (Å²) in [7, 11) is 0. The number of hydrogen-bond donors (Lipinski definition) is 3. The van der Waals surface area contributed by atoms with Crippen LogP contribution in [0.2, 0.25) is 5.02 Å². The van der Waals surface area contributed by atoms with E-state index in [-0.39, 0.29) is 23.3 Å². The van der Waals surface area contributed by atoms with Gasteiger partial charge in [0, 0.05) is 24.0 Å². The fourth-order valence-corrected chi connectivity index (χ4v) is 2.98. The van der Waals surface area contributed by atoms with Crippen molar-refractivity contribution >= 4 is 35.0 Å². The van der Waals surface area contributed by atoms with Crippen molar-refractivity contribution < 1.29 is 19.8 Å². The number of nitrogens with zero attached hydrogens (tertiary/aromatic N) is 3. The fraction of sp³-hybridized carbons (Fsp3) is 0.294. The zero-order valence-electron chi connectivity index (χ0n) is 13.7. The van der Waals surface area contributed by atoms with Crippen molar-refractivity contribution in [2.24, 2.45) is 5.92 Å². The number of amides is 1. The molecule has 8 nitrogen and oxygen atoms in total. The molecule has 2 heterocycles. The molecule has 136 valence electrons. The van der Waals surface area contributed by atoms with E-state index < -0.39 is 5.97 Å².